The number of halogens is 2. The van der Waals surface area contributed by atoms with Gasteiger partial charge >= 0.3 is 5.69 Å². The maximum Gasteiger partial charge on any atom is 0.334 e. The molecule has 0 spiro atoms. The van der Waals surface area contributed by atoms with Crippen molar-refractivity contribution in [2.24, 2.45) is 0 Å². The predicted molar refractivity (Wildman–Crippen MR) is 65.3 cm³/mol. The molecular formula is C10H10ClFN4O3. The number of methoxy groups -OCH3 is 1. The van der Waals surface area contributed by atoms with Crippen molar-refractivity contribution >= 4 is 11.6 Å². The number of rotatable bonds is 4. The van der Waals surface area contributed by atoms with Gasteiger partial charge in [0.15, 0.2) is 5.15 Å². The van der Waals surface area contributed by atoms with Gasteiger partial charge in [-0.15, -0.1) is 0 Å². The second kappa shape index (κ2) is 5.37. The lowest BCUT2D eigenvalue weighted by Gasteiger charge is -2.02. The van der Waals surface area contributed by atoms with Crippen LogP contribution < -0.4 is 11.2 Å². The van der Waals surface area contributed by atoms with Crippen LogP contribution in [0.3, 0.4) is 0 Å². The van der Waals surface area contributed by atoms with Crippen molar-refractivity contribution in [3.8, 4) is 5.69 Å². The maximum atomic E-state index is 13.4. The normalized spacial score (nSPS) is 10.9. The van der Waals surface area contributed by atoms with Crippen LogP contribution in [0.15, 0.2) is 22.0 Å². The monoisotopic (exact) mass is 288 g/mol. The summed E-state index contributed by atoms with van der Waals surface area (Å²) >= 11 is 5.37. The number of nitrogens with zero attached hydrogens (tertiary/aromatic N) is 3. The van der Waals surface area contributed by atoms with E-state index in [1.807, 2.05) is 4.98 Å². The third-order valence-corrected chi connectivity index (χ3v) is 2.67. The van der Waals surface area contributed by atoms with Gasteiger partial charge in [0.2, 0.25) is 5.82 Å². The third kappa shape index (κ3) is 2.59. The van der Waals surface area contributed by atoms with E-state index in [1.165, 1.54) is 24.2 Å². The van der Waals surface area contributed by atoms with Gasteiger partial charge in [0.25, 0.3) is 5.56 Å². The van der Waals surface area contributed by atoms with E-state index in [1.54, 1.807) is 0 Å². The molecule has 0 unspecified atom stereocenters. The molecule has 1 N–H and O–H groups in total. The molecule has 0 saturated heterocycles. The van der Waals surface area contributed by atoms with Crippen molar-refractivity contribution < 1.29 is 9.13 Å². The van der Waals surface area contributed by atoms with Gasteiger partial charge in [-0.2, -0.15) is 9.49 Å². The minimum atomic E-state index is -1.22. The molecule has 0 atom stereocenters. The molecule has 0 amide bonds. The van der Waals surface area contributed by atoms with Crippen LogP contribution in [0.5, 0.6) is 0 Å². The number of ether oxygens (including phenoxy) is 1. The highest BCUT2D eigenvalue weighted by atomic mass is 35.5. The summed E-state index contributed by atoms with van der Waals surface area (Å²) in [4.78, 5) is 25.3. The van der Waals surface area contributed by atoms with E-state index in [0.29, 0.717) is 17.7 Å². The largest absolute Gasteiger partial charge is 0.383 e. The zero-order chi connectivity index (χ0) is 14.0. The van der Waals surface area contributed by atoms with Gasteiger partial charge in [-0.25, -0.2) is 9.36 Å². The molecule has 0 aromatic carbocycles. The first-order valence-electron chi connectivity index (χ1n) is 5.26. The molecule has 102 valence electrons. The Bertz CT molecular complexity index is 706. The molecule has 19 heavy (non-hydrogen) atoms. The minimum Gasteiger partial charge on any atom is -0.383 e. The minimum absolute atomic E-state index is 0.151. The van der Waals surface area contributed by atoms with Crippen molar-refractivity contribution in [3.63, 3.8) is 0 Å². The van der Waals surface area contributed by atoms with Gasteiger partial charge in [-0.05, 0) is 0 Å². The summed E-state index contributed by atoms with van der Waals surface area (Å²) in [6, 6.07) is 0. The summed E-state index contributed by atoms with van der Waals surface area (Å²) in [7, 11) is 1.54. The lowest BCUT2D eigenvalue weighted by Crippen LogP contribution is -2.35. The van der Waals surface area contributed by atoms with Crippen LogP contribution in [-0.4, -0.2) is 33.0 Å². The first-order chi connectivity index (χ1) is 9.04. The Hall–Kier alpha value is -1.93. The van der Waals surface area contributed by atoms with E-state index in [2.05, 4.69) is 5.10 Å². The van der Waals surface area contributed by atoms with Gasteiger partial charge in [-0.3, -0.25) is 14.5 Å². The van der Waals surface area contributed by atoms with Crippen molar-refractivity contribution in [1.82, 2.24) is 19.3 Å². The lowest BCUT2D eigenvalue weighted by atomic mass is 10.5. The summed E-state index contributed by atoms with van der Waals surface area (Å²) in [5, 5.41) is 3.32. The highest BCUT2D eigenvalue weighted by molar-refractivity contribution is 6.29. The van der Waals surface area contributed by atoms with Crippen LogP contribution in [0.1, 0.15) is 0 Å². The number of nitrogens with one attached hydrogen (secondary N) is 1. The Kier molecular flexibility index (Phi) is 3.82. The van der Waals surface area contributed by atoms with E-state index < -0.39 is 22.2 Å². The molecule has 7 nitrogen and oxygen atoms in total. The first kappa shape index (κ1) is 13.5. The fraction of sp³-hybridized carbons (Fsp3) is 0.300. The van der Waals surface area contributed by atoms with E-state index in [0.717, 1.165) is 0 Å². The summed E-state index contributed by atoms with van der Waals surface area (Å²) in [6.07, 6.45) is 2.71. The number of aromatic nitrogens is 4. The van der Waals surface area contributed by atoms with Gasteiger partial charge in [0, 0.05) is 13.3 Å². The average Bonchev–Trinajstić information content (AvgIpc) is 2.82. The molecule has 0 fully saturated rings. The molecule has 9 heteroatoms. The molecule has 0 aliphatic heterocycles. The highest BCUT2D eigenvalue weighted by Crippen LogP contribution is 2.05. The Morgan fingerprint density at radius 2 is 2.26 bits per heavy atom. The lowest BCUT2D eigenvalue weighted by molar-refractivity contribution is 0.183. The maximum absolute atomic E-state index is 13.4. The Morgan fingerprint density at radius 1 is 1.53 bits per heavy atom. The smallest absolute Gasteiger partial charge is 0.334 e. The van der Waals surface area contributed by atoms with Crippen LogP contribution in [0.2, 0.25) is 5.15 Å². The van der Waals surface area contributed by atoms with Crippen LogP contribution >= 0.6 is 11.6 Å². The highest BCUT2D eigenvalue weighted by Gasteiger charge is 2.14. The predicted octanol–water partition coefficient (Wildman–Crippen LogP) is 0.161. The second-order valence-corrected chi connectivity index (χ2v) is 4.03. The van der Waals surface area contributed by atoms with Gasteiger partial charge in [-0.1, -0.05) is 11.6 Å². The number of H-pyrrole nitrogens is 1. The summed E-state index contributed by atoms with van der Waals surface area (Å²) in [5.41, 5.74) is -1.80. The molecule has 2 aromatic rings. The topological polar surface area (TPSA) is 81.9 Å². The van der Waals surface area contributed by atoms with Crippen LogP contribution in [0, 0.1) is 5.82 Å². The first-order valence-corrected chi connectivity index (χ1v) is 5.64. The van der Waals surface area contributed by atoms with Gasteiger partial charge in [0.05, 0.1) is 25.0 Å². The number of hydrogen-bond donors (Lipinski definition) is 1. The van der Waals surface area contributed by atoms with Crippen molar-refractivity contribution in [2.45, 2.75) is 6.54 Å². The van der Waals surface area contributed by atoms with Crippen LogP contribution in [0.25, 0.3) is 5.69 Å². The Labute approximate surface area is 111 Å². The zero-order valence-electron chi connectivity index (χ0n) is 9.89. The van der Waals surface area contributed by atoms with E-state index in [-0.39, 0.29) is 5.69 Å². The van der Waals surface area contributed by atoms with Crippen molar-refractivity contribution in [1.29, 1.82) is 0 Å². The van der Waals surface area contributed by atoms with Crippen molar-refractivity contribution in [2.75, 3.05) is 13.7 Å². The Morgan fingerprint density at radius 3 is 2.95 bits per heavy atom. The molecule has 2 heterocycles. The fourth-order valence-corrected chi connectivity index (χ4v) is 1.66. The van der Waals surface area contributed by atoms with Gasteiger partial charge < -0.3 is 4.74 Å². The standard InChI is InChI=1S/C10H10ClFN4O3/c1-19-3-2-15-5-6(4-13-15)16-9(17)7(12)8(11)14-10(16)18/h4-5H,2-3H2,1H3,(H,14,18). The molecule has 2 aromatic heterocycles. The second-order valence-electron chi connectivity index (χ2n) is 3.65. The third-order valence-electron chi connectivity index (χ3n) is 2.41. The Balaban J connectivity index is 2.48. The fourth-order valence-electron chi connectivity index (χ4n) is 1.50. The molecule has 0 radical (unpaired) electrons. The number of aromatic amines is 1. The molecule has 0 bridgehead atoms. The molecular weight excluding hydrogens is 279 g/mol. The SMILES string of the molecule is COCCn1cc(-n2c(=O)[nH]c(Cl)c(F)c2=O)cn1. The van der Waals surface area contributed by atoms with Gasteiger partial charge in [0.1, 0.15) is 0 Å². The molecule has 0 aliphatic rings. The summed E-state index contributed by atoms with van der Waals surface area (Å²) in [5.74, 6) is -1.22. The van der Waals surface area contributed by atoms with E-state index >= 15 is 0 Å². The molecule has 2 rings (SSSR count). The van der Waals surface area contributed by atoms with E-state index in [4.69, 9.17) is 16.3 Å². The van der Waals surface area contributed by atoms with Crippen LogP contribution in [0.4, 0.5) is 4.39 Å². The number of hydrogen-bond acceptors (Lipinski definition) is 4. The van der Waals surface area contributed by atoms with E-state index in [9.17, 15) is 14.0 Å². The molecule has 0 saturated carbocycles. The summed E-state index contributed by atoms with van der Waals surface area (Å²) < 4.78 is 20.3. The van der Waals surface area contributed by atoms with Crippen molar-refractivity contribution in [3.05, 3.63) is 44.2 Å². The zero-order valence-corrected chi connectivity index (χ0v) is 10.6. The molecule has 0 aliphatic carbocycles. The van der Waals surface area contributed by atoms with Crippen LogP contribution in [-0.2, 0) is 11.3 Å². The summed E-state index contributed by atoms with van der Waals surface area (Å²) in [6.45, 7) is 0.862. The quantitative estimate of drug-likeness (QED) is 0.813. The average molecular weight is 289 g/mol.